The predicted molar refractivity (Wildman–Crippen MR) is 71.7 cm³/mol. The van der Waals surface area contributed by atoms with Crippen LogP contribution in [0.1, 0.15) is 6.42 Å². The summed E-state index contributed by atoms with van der Waals surface area (Å²) in [6.45, 7) is 3.49. The molecule has 0 aliphatic carbocycles. The van der Waals surface area contributed by atoms with Crippen molar-refractivity contribution in [3.05, 3.63) is 24.3 Å². The predicted octanol–water partition coefficient (Wildman–Crippen LogP) is 2.09. The number of hydrogen-bond acceptors (Lipinski definition) is 4. The summed E-state index contributed by atoms with van der Waals surface area (Å²) in [6, 6.07) is 9.10. The second kappa shape index (κ2) is 3.68. The zero-order chi connectivity index (χ0) is 11.2. The van der Waals surface area contributed by atoms with Crippen LogP contribution in [-0.4, -0.2) is 30.7 Å². The van der Waals surface area contributed by atoms with Crippen LogP contribution in [0.3, 0.4) is 0 Å². The van der Waals surface area contributed by atoms with E-state index in [-0.39, 0.29) is 0 Å². The van der Waals surface area contributed by atoms with Crippen LogP contribution >= 0.6 is 11.3 Å². The quantitative estimate of drug-likeness (QED) is 0.834. The molecule has 2 aliphatic heterocycles. The molecule has 0 saturated carbocycles. The van der Waals surface area contributed by atoms with Gasteiger partial charge in [-0.15, -0.1) is 0 Å². The fraction of sp³-hybridized carbons (Fsp3) is 0.462. The molecular weight excluding hydrogens is 230 g/mol. The maximum absolute atomic E-state index is 4.77. The summed E-state index contributed by atoms with van der Waals surface area (Å²) in [7, 11) is 0. The molecule has 3 nitrogen and oxygen atoms in total. The van der Waals surface area contributed by atoms with Crippen LogP contribution in [0, 0.1) is 5.92 Å². The minimum absolute atomic E-state index is 0.676. The van der Waals surface area contributed by atoms with Crippen molar-refractivity contribution in [2.24, 2.45) is 5.92 Å². The van der Waals surface area contributed by atoms with Crippen LogP contribution in [0.4, 0.5) is 5.13 Å². The van der Waals surface area contributed by atoms with E-state index >= 15 is 0 Å². The van der Waals surface area contributed by atoms with Crippen LogP contribution in [0.5, 0.6) is 0 Å². The highest BCUT2D eigenvalue weighted by atomic mass is 32.1. The van der Waals surface area contributed by atoms with Gasteiger partial charge < -0.3 is 10.2 Å². The summed E-state index contributed by atoms with van der Waals surface area (Å²) in [5.74, 6) is 0.835. The third kappa shape index (κ3) is 1.47. The van der Waals surface area contributed by atoms with Gasteiger partial charge in [-0.1, -0.05) is 23.5 Å². The first-order chi connectivity index (χ1) is 8.42. The third-order valence-corrected chi connectivity index (χ3v) is 5.05. The van der Waals surface area contributed by atoms with E-state index in [0.29, 0.717) is 6.04 Å². The SMILES string of the molecule is c1ccc2sc(N3CC[C@H]4CNC[C@H]43)nc2c1. The Labute approximate surface area is 104 Å². The summed E-state index contributed by atoms with van der Waals surface area (Å²) in [6.07, 6.45) is 1.31. The van der Waals surface area contributed by atoms with E-state index in [2.05, 4.69) is 34.5 Å². The number of fused-ring (bicyclic) bond motifs is 2. The van der Waals surface area contributed by atoms with Gasteiger partial charge in [0.05, 0.1) is 10.2 Å². The number of hydrogen-bond donors (Lipinski definition) is 1. The molecular formula is C13H15N3S. The lowest BCUT2D eigenvalue weighted by Crippen LogP contribution is -2.33. The molecule has 0 spiro atoms. The number of nitrogens with zero attached hydrogens (tertiary/aromatic N) is 2. The van der Waals surface area contributed by atoms with Gasteiger partial charge >= 0.3 is 0 Å². The van der Waals surface area contributed by atoms with Crippen molar-refractivity contribution in [2.75, 3.05) is 24.5 Å². The molecule has 2 aliphatic rings. The van der Waals surface area contributed by atoms with E-state index in [1.54, 1.807) is 0 Å². The first-order valence-corrected chi connectivity index (χ1v) is 7.06. The Bertz CT molecular complexity index is 517. The van der Waals surface area contributed by atoms with Gasteiger partial charge in [0.25, 0.3) is 0 Å². The highest BCUT2D eigenvalue weighted by molar-refractivity contribution is 7.22. The average Bonchev–Trinajstić information content (AvgIpc) is 3.02. The van der Waals surface area contributed by atoms with Crippen molar-refractivity contribution in [3.63, 3.8) is 0 Å². The molecule has 0 bridgehead atoms. The maximum Gasteiger partial charge on any atom is 0.186 e. The highest BCUT2D eigenvalue weighted by Gasteiger charge is 2.38. The molecule has 0 amide bonds. The molecule has 2 saturated heterocycles. The molecule has 0 radical (unpaired) electrons. The van der Waals surface area contributed by atoms with E-state index < -0.39 is 0 Å². The number of para-hydroxylation sites is 1. The number of aromatic nitrogens is 1. The van der Waals surface area contributed by atoms with Gasteiger partial charge in [0.1, 0.15) is 0 Å². The molecule has 1 aromatic carbocycles. The largest absolute Gasteiger partial charge is 0.343 e. The molecule has 88 valence electrons. The average molecular weight is 245 g/mol. The summed E-state index contributed by atoms with van der Waals surface area (Å²) in [5, 5.41) is 4.70. The number of thiazole rings is 1. The zero-order valence-electron chi connectivity index (χ0n) is 9.60. The zero-order valence-corrected chi connectivity index (χ0v) is 10.4. The summed E-state index contributed by atoms with van der Waals surface area (Å²) >= 11 is 1.83. The number of anilines is 1. The van der Waals surface area contributed by atoms with E-state index in [1.807, 2.05) is 11.3 Å². The molecule has 2 fully saturated rings. The second-order valence-corrected chi connectivity index (χ2v) is 5.94. The number of nitrogens with one attached hydrogen (secondary N) is 1. The maximum atomic E-state index is 4.77. The van der Waals surface area contributed by atoms with E-state index in [4.69, 9.17) is 4.98 Å². The molecule has 1 N–H and O–H groups in total. The lowest BCUT2D eigenvalue weighted by molar-refractivity contribution is 0.578. The molecule has 4 heteroatoms. The van der Waals surface area contributed by atoms with E-state index in [9.17, 15) is 0 Å². The van der Waals surface area contributed by atoms with Gasteiger partial charge in [0.15, 0.2) is 5.13 Å². The van der Waals surface area contributed by atoms with Crippen LogP contribution < -0.4 is 10.2 Å². The van der Waals surface area contributed by atoms with Gasteiger partial charge in [0, 0.05) is 25.7 Å². The third-order valence-electron chi connectivity index (χ3n) is 3.97. The molecule has 3 heterocycles. The topological polar surface area (TPSA) is 28.2 Å². The minimum Gasteiger partial charge on any atom is -0.343 e. The van der Waals surface area contributed by atoms with Crippen molar-refractivity contribution in [1.29, 1.82) is 0 Å². The number of benzene rings is 1. The minimum atomic E-state index is 0.676. The first-order valence-electron chi connectivity index (χ1n) is 6.25. The summed E-state index contributed by atoms with van der Waals surface area (Å²) in [4.78, 5) is 7.28. The molecule has 2 aromatic rings. The molecule has 4 rings (SSSR count). The van der Waals surface area contributed by atoms with Gasteiger partial charge in [-0.05, 0) is 24.5 Å². The van der Waals surface area contributed by atoms with Gasteiger partial charge in [-0.25, -0.2) is 4.98 Å². The second-order valence-electron chi connectivity index (χ2n) is 4.93. The Morgan fingerprint density at radius 3 is 3.18 bits per heavy atom. The highest BCUT2D eigenvalue weighted by Crippen LogP contribution is 2.36. The molecule has 1 aromatic heterocycles. The standard InChI is InChI=1S/C13H15N3S/c1-2-4-12-10(3-1)15-13(17-12)16-6-5-9-7-14-8-11(9)16/h1-4,9,11,14H,5-8H2/t9-,11+/m0/s1. The van der Waals surface area contributed by atoms with Crippen LogP contribution in [0.2, 0.25) is 0 Å². The van der Waals surface area contributed by atoms with E-state index in [0.717, 1.165) is 18.0 Å². The lowest BCUT2D eigenvalue weighted by Gasteiger charge is -2.22. The Morgan fingerprint density at radius 2 is 2.24 bits per heavy atom. The lowest BCUT2D eigenvalue weighted by atomic mass is 10.1. The van der Waals surface area contributed by atoms with Crippen LogP contribution in [-0.2, 0) is 0 Å². The summed E-state index contributed by atoms with van der Waals surface area (Å²) in [5.41, 5.74) is 1.14. The van der Waals surface area contributed by atoms with E-state index in [1.165, 1.54) is 29.3 Å². The van der Waals surface area contributed by atoms with Gasteiger partial charge in [0.2, 0.25) is 0 Å². The number of rotatable bonds is 1. The fourth-order valence-electron chi connectivity index (χ4n) is 3.07. The smallest absolute Gasteiger partial charge is 0.186 e. The Balaban J connectivity index is 1.74. The van der Waals surface area contributed by atoms with Crippen molar-refractivity contribution >= 4 is 26.7 Å². The van der Waals surface area contributed by atoms with Crippen molar-refractivity contribution < 1.29 is 0 Å². The molecule has 17 heavy (non-hydrogen) atoms. The van der Waals surface area contributed by atoms with Gasteiger partial charge in [-0.3, -0.25) is 0 Å². The monoisotopic (exact) mass is 245 g/mol. The van der Waals surface area contributed by atoms with Crippen molar-refractivity contribution in [3.8, 4) is 0 Å². The fourth-order valence-corrected chi connectivity index (χ4v) is 4.12. The Hall–Kier alpha value is -1.13. The first kappa shape index (κ1) is 9.85. The summed E-state index contributed by atoms with van der Waals surface area (Å²) < 4.78 is 1.30. The molecule has 0 unspecified atom stereocenters. The van der Waals surface area contributed by atoms with Crippen LogP contribution in [0.15, 0.2) is 24.3 Å². The normalized spacial score (nSPS) is 27.9. The van der Waals surface area contributed by atoms with Crippen molar-refractivity contribution in [1.82, 2.24) is 10.3 Å². The molecule has 2 atom stereocenters. The van der Waals surface area contributed by atoms with Crippen molar-refractivity contribution in [2.45, 2.75) is 12.5 Å². The Kier molecular flexibility index (Phi) is 2.13. The van der Waals surface area contributed by atoms with Gasteiger partial charge in [-0.2, -0.15) is 0 Å². The Morgan fingerprint density at radius 1 is 1.29 bits per heavy atom. The van der Waals surface area contributed by atoms with Crippen LogP contribution in [0.25, 0.3) is 10.2 Å².